The van der Waals surface area contributed by atoms with Crippen LogP contribution >= 0.6 is 0 Å². The standard InChI is InChI=1S/C14H10F2N2O7/c1-23-12-6-24-11(5-9(12)19)13(20)17-8-4-7(18(21)22)2-3-10(8)25-14(15)16/h2-6,14H,1H3,(H,17,20). The first-order valence-corrected chi connectivity index (χ1v) is 6.53. The van der Waals surface area contributed by atoms with Crippen molar-refractivity contribution in [3.05, 3.63) is 56.6 Å². The lowest BCUT2D eigenvalue weighted by Gasteiger charge is -2.11. The Labute approximate surface area is 137 Å². The molecule has 0 saturated carbocycles. The summed E-state index contributed by atoms with van der Waals surface area (Å²) in [5, 5.41) is 12.9. The number of ether oxygens (including phenoxy) is 2. The normalized spacial score (nSPS) is 10.4. The molecular formula is C14H10F2N2O7. The van der Waals surface area contributed by atoms with Crippen LogP contribution in [0.2, 0.25) is 0 Å². The van der Waals surface area contributed by atoms with Crippen LogP contribution in [-0.4, -0.2) is 24.6 Å². The van der Waals surface area contributed by atoms with E-state index in [0.717, 1.165) is 30.5 Å². The average Bonchev–Trinajstić information content (AvgIpc) is 2.55. The summed E-state index contributed by atoms with van der Waals surface area (Å²) in [5.74, 6) is -2.10. The van der Waals surface area contributed by atoms with Crippen molar-refractivity contribution < 1.29 is 32.4 Å². The van der Waals surface area contributed by atoms with Crippen molar-refractivity contribution in [1.82, 2.24) is 0 Å². The first-order chi connectivity index (χ1) is 11.8. The number of anilines is 1. The van der Waals surface area contributed by atoms with Gasteiger partial charge in [0.25, 0.3) is 11.6 Å². The van der Waals surface area contributed by atoms with E-state index in [4.69, 9.17) is 4.42 Å². The fourth-order valence-corrected chi connectivity index (χ4v) is 1.78. The van der Waals surface area contributed by atoms with Gasteiger partial charge in [-0.3, -0.25) is 19.7 Å². The van der Waals surface area contributed by atoms with Gasteiger partial charge in [0.15, 0.2) is 5.76 Å². The maximum atomic E-state index is 12.4. The third kappa shape index (κ3) is 4.28. The molecule has 25 heavy (non-hydrogen) atoms. The molecule has 1 amide bonds. The minimum atomic E-state index is -3.21. The van der Waals surface area contributed by atoms with Gasteiger partial charge in [0.1, 0.15) is 12.0 Å². The molecular weight excluding hydrogens is 346 g/mol. The van der Waals surface area contributed by atoms with Crippen LogP contribution < -0.4 is 20.2 Å². The number of nitrogens with zero attached hydrogens (tertiary/aromatic N) is 1. The molecule has 0 aliphatic rings. The van der Waals surface area contributed by atoms with Crippen molar-refractivity contribution in [3.8, 4) is 11.5 Å². The Morgan fingerprint density at radius 1 is 1.32 bits per heavy atom. The van der Waals surface area contributed by atoms with Crippen LogP contribution in [0.4, 0.5) is 20.2 Å². The number of carbonyl (C=O) groups excluding carboxylic acids is 1. The van der Waals surface area contributed by atoms with E-state index in [9.17, 15) is 28.5 Å². The molecule has 2 aromatic rings. The Bertz CT molecular complexity index is 866. The summed E-state index contributed by atoms with van der Waals surface area (Å²) in [6.07, 6.45) is 0.890. The highest BCUT2D eigenvalue weighted by Gasteiger charge is 2.19. The molecule has 0 radical (unpaired) electrons. The molecule has 0 aliphatic heterocycles. The molecule has 2 rings (SSSR count). The van der Waals surface area contributed by atoms with Gasteiger partial charge in [-0.15, -0.1) is 0 Å². The minimum absolute atomic E-state index is 0.145. The van der Waals surface area contributed by atoms with Crippen molar-refractivity contribution in [3.63, 3.8) is 0 Å². The van der Waals surface area contributed by atoms with E-state index in [1.165, 1.54) is 7.11 Å². The number of benzene rings is 1. The molecule has 0 atom stereocenters. The zero-order valence-corrected chi connectivity index (χ0v) is 12.5. The highest BCUT2D eigenvalue weighted by atomic mass is 19.3. The minimum Gasteiger partial charge on any atom is -0.490 e. The van der Waals surface area contributed by atoms with E-state index in [1.54, 1.807) is 0 Å². The summed E-state index contributed by atoms with van der Waals surface area (Å²) in [6, 6.07) is 3.49. The largest absolute Gasteiger partial charge is 0.490 e. The van der Waals surface area contributed by atoms with E-state index < -0.39 is 45.8 Å². The first-order valence-electron chi connectivity index (χ1n) is 6.53. The number of rotatable bonds is 6. The number of nitro groups is 1. The monoisotopic (exact) mass is 356 g/mol. The summed E-state index contributed by atoms with van der Waals surface area (Å²) in [7, 11) is 1.23. The van der Waals surface area contributed by atoms with Gasteiger partial charge in [-0.25, -0.2) is 0 Å². The van der Waals surface area contributed by atoms with Crippen LogP contribution in [0.15, 0.2) is 39.7 Å². The fourth-order valence-electron chi connectivity index (χ4n) is 1.78. The third-order valence-electron chi connectivity index (χ3n) is 2.88. The van der Waals surface area contributed by atoms with Gasteiger partial charge in [-0.1, -0.05) is 0 Å². The maximum absolute atomic E-state index is 12.4. The summed E-state index contributed by atoms with van der Waals surface area (Å²) in [6.45, 7) is -3.21. The Kier molecular flexibility index (Phi) is 5.27. The smallest absolute Gasteiger partial charge is 0.387 e. The van der Waals surface area contributed by atoms with Crippen LogP contribution in [0.1, 0.15) is 10.6 Å². The number of amides is 1. The number of hydrogen-bond acceptors (Lipinski definition) is 7. The Hall–Kier alpha value is -3.50. The van der Waals surface area contributed by atoms with Crippen molar-refractivity contribution in [2.75, 3.05) is 12.4 Å². The number of non-ortho nitro benzene ring substituents is 1. The average molecular weight is 356 g/mol. The van der Waals surface area contributed by atoms with Gasteiger partial charge >= 0.3 is 6.61 Å². The lowest BCUT2D eigenvalue weighted by molar-refractivity contribution is -0.384. The summed E-state index contributed by atoms with van der Waals surface area (Å²) >= 11 is 0. The van der Waals surface area contributed by atoms with E-state index in [0.29, 0.717) is 0 Å². The molecule has 132 valence electrons. The van der Waals surface area contributed by atoms with E-state index in [2.05, 4.69) is 14.8 Å². The summed E-state index contributed by atoms with van der Waals surface area (Å²) < 4.78 is 38.6. The number of alkyl halides is 2. The number of methoxy groups -OCH3 is 1. The molecule has 0 unspecified atom stereocenters. The maximum Gasteiger partial charge on any atom is 0.387 e. The highest BCUT2D eigenvalue weighted by molar-refractivity contribution is 6.03. The lowest BCUT2D eigenvalue weighted by atomic mass is 10.2. The number of carbonyl (C=O) groups is 1. The quantitative estimate of drug-likeness (QED) is 0.623. The van der Waals surface area contributed by atoms with Crippen molar-refractivity contribution in [1.29, 1.82) is 0 Å². The first kappa shape index (κ1) is 17.8. The van der Waals surface area contributed by atoms with Gasteiger partial charge in [0.05, 0.1) is 17.7 Å². The molecule has 9 nitrogen and oxygen atoms in total. The van der Waals surface area contributed by atoms with Crippen LogP contribution in [0.25, 0.3) is 0 Å². The molecule has 0 bridgehead atoms. The Balaban J connectivity index is 2.35. The SMILES string of the molecule is COc1coc(C(=O)Nc2cc([N+](=O)[O-])ccc2OC(F)F)cc1=O. The molecule has 1 heterocycles. The molecule has 0 saturated heterocycles. The zero-order chi connectivity index (χ0) is 18.6. The second kappa shape index (κ2) is 7.38. The number of hydrogen-bond donors (Lipinski definition) is 1. The van der Waals surface area contributed by atoms with E-state index in [1.807, 2.05) is 0 Å². The topological polar surface area (TPSA) is 121 Å². The zero-order valence-electron chi connectivity index (χ0n) is 12.5. The molecule has 0 spiro atoms. The van der Waals surface area contributed by atoms with Crippen LogP contribution in [-0.2, 0) is 0 Å². The predicted molar refractivity (Wildman–Crippen MR) is 79.2 cm³/mol. The molecule has 0 aliphatic carbocycles. The predicted octanol–water partition coefficient (Wildman–Crippen LogP) is 2.41. The molecule has 1 aromatic heterocycles. The van der Waals surface area contributed by atoms with Crippen LogP contribution in [0.5, 0.6) is 11.5 Å². The molecule has 1 aromatic carbocycles. The van der Waals surface area contributed by atoms with E-state index >= 15 is 0 Å². The van der Waals surface area contributed by atoms with Crippen LogP contribution in [0, 0.1) is 10.1 Å². The van der Waals surface area contributed by atoms with Gasteiger partial charge < -0.3 is 19.2 Å². The fraction of sp³-hybridized carbons (Fsp3) is 0.143. The lowest BCUT2D eigenvalue weighted by Crippen LogP contribution is -2.16. The number of nitrogens with one attached hydrogen (secondary N) is 1. The Morgan fingerprint density at radius 2 is 2.04 bits per heavy atom. The van der Waals surface area contributed by atoms with E-state index in [-0.39, 0.29) is 5.75 Å². The number of nitro benzene ring substituents is 1. The van der Waals surface area contributed by atoms with Gasteiger partial charge in [0.2, 0.25) is 11.2 Å². The second-order valence-electron chi connectivity index (χ2n) is 4.45. The second-order valence-corrected chi connectivity index (χ2v) is 4.45. The van der Waals surface area contributed by atoms with Crippen molar-refractivity contribution in [2.45, 2.75) is 6.61 Å². The third-order valence-corrected chi connectivity index (χ3v) is 2.88. The Morgan fingerprint density at radius 3 is 2.60 bits per heavy atom. The van der Waals surface area contributed by atoms with Crippen LogP contribution in [0.3, 0.4) is 0 Å². The van der Waals surface area contributed by atoms with Gasteiger partial charge in [0, 0.05) is 18.2 Å². The highest BCUT2D eigenvalue weighted by Crippen LogP contribution is 2.30. The molecule has 11 heteroatoms. The van der Waals surface area contributed by atoms with Gasteiger partial charge in [-0.2, -0.15) is 8.78 Å². The summed E-state index contributed by atoms with van der Waals surface area (Å²) in [5.41, 5.74) is -1.51. The molecule has 0 fully saturated rings. The van der Waals surface area contributed by atoms with Gasteiger partial charge in [-0.05, 0) is 6.07 Å². The summed E-state index contributed by atoms with van der Waals surface area (Å²) in [4.78, 5) is 33.7. The molecule has 1 N–H and O–H groups in total. The van der Waals surface area contributed by atoms with Crippen molar-refractivity contribution in [2.24, 2.45) is 0 Å². The van der Waals surface area contributed by atoms with Crippen molar-refractivity contribution >= 4 is 17.3 Å². The number of halogens is 2.